The highest BCUT2D eigenvalue weighted by Gasteiger charge is 2.33. The van der Waals surface area contributed by atoms with E-state index in [1.54, 1.807) is 0 Å². The summed E-state index contributed by atoms with van der Waals surface area (Å²) < 4.78 is 0. The van der Waals surface area contributed by atoms with Crippen molar-refractivity contribution in [1.29, 1.82) is 0 Å². The van der Waals surface area contributed by atoms with Gasteiger partial charge in [0.2, 0.25) is 5.76 Å². The minimum Gasteiger partial charge on any atom is -0.501 e. The molecular weight excluding hydrogens is 224 g/mol. The molecule has 7 nitrogen and oxygen atoms in total. The number of hydrogen-bond donors (Lipinski definition) is 3. The lowest BCUT2D eigenvalue weighted by atomic mass is 10.3. The topological polar surface area (TPSA) is 98.9 Å². The van der Waals surface area contributed by atoms with Gasteiger partial charge in [0.15, 0.2) is 5.70 Å². The number of hydrazine groups is 1. The minimum atomic E-state index is -0.810. The number of carbonyl (C=O) groups is 2. The first-order chi connectivity index (χ1) is 7.93. The van der Waals surface area contributed by atoms with Crippen LogP contribution in [0.3, 0.4) is 0 Å². The average molecular weight is 244 g/mol. The van der Waals surface area contributed by atoms with E-state index in [1.165, 1.54) is 0 Å². The number of nitrogens with one attached hydrogen (secondary N) is 1. The predicted molar refractivity (Wildman–Crippen MR) is 63.6 cm³/mol. The van der Waals surface area contributed by atoms with Gasteiger partial charge >= 0.3 is 0 Å². The lowest BCUT2D eigenvalue weighted by Crippen LogP contribution is -2.40. The molecule has 4 N–H and O–H groups in total. The van der Waals surface area contributed by atoms with Crippen molar-refractivity contribution in [3.63, 3.8) is 0 Å². The summed E-state index contributed by atoms with van der Waals surface area (Å²) in [5.41, 5.74) is -0.179. The van der Waals surface area contributed by atoms with Crippen molar-refractivity contribution in [2.75, 3.05) is 27.2 Å². The summed E-state index contributed by atoms with van der Waals surface area (Å²) in [5, 5.41) is 12.3. The van der Waals surface area contributed by atoms with Crippen LogP contribution in [0.4, 0.5) is 0 Å². The Morgan fingerprint density at radius 1 is 1.18 bits per heavy atom. The molecule has 1 heterocycles. The molecule has 1 aliphatic rings. The molecule has 0 radical (unpaired) electrons. The van der Waals surface area contributed by atoms with Gasteiger partial charge in [0, 0.05) is 13.1 Å². The third kappa shape index (κ3) is 4.04. The van der Waals surface area contributed by atoms with Crippen molar-refractivity contribution >= 4 is 11.8 Å². The van der Waals surface area contributed by atoms with Crippen molar-refractivity contribution in [2.45, 2.75) is 13.8 Å². The molecule has 0 fully saturated rings. The maximum atomic E-state index is 11.2. The van der Waals surface area contributed by atoms with Crippen LogP contribution in [0.2, 0.25) is 0 Å². The molecule has 98 valence electrons. The number of hydrogen-bond acceptors (Lipinski definition) is 6. The first-order valence-electron chi connectivity index (χ1n) is 5.39. The number of aliphatic hydroxyl groups excluding tert-OH is 1. The molecule has 1 aliphatic heterocycles. The standard InChI is InChI=1S/C8H14N4O3.C2H6/c1-11(2)3-4-12(9)5-6(13)8(15)10-7(5)14;1-2/h3-4,9H2,1-2H3,(H2,10,13,14,15);1-2H3. The molecule has 1 rings (SSSR count). The Kier molecular flexibility index (Phi) is 6.22. The Balaban J connectivity index is 0.00000121. The Bertz CT molecular complexity index is 326. The lowest BCUT2D eigenvalue weighted by molar-refractivity contribution is -0.125. The summed E-state index contributed by atoms with van der Waals surface area (Å²) in [5.74, 6) is 3.44. The third-order valence-electron chi connectivity index (χ3n) is 1.96. The predicted octanol–water partition coefficient (Wildman–Crippen LogP) is -0.824. The fraction of sp³-hybridized carbons (Fsp3) is 0.600. The molecule has 0 bridgehead atoms. The molecule has 17 heavy (non-hydrogen) atoms. The second-order valence-corrected chi connectivity index (χ2v) is 3.48. The molecule has 0 aromatic rings. The first kappa shape index (κ1) is 15.4. The highest BCUT2D eigenvalue weighted by atomic mass is 16.3. The molecule has 7 heteroatoms. The van der Waals surface area contributed by atoms with Crippen LogP contribution in [0.1, 0.15) is 13.8 Å². The van der Waals surface area contributed by atoms with E-state index in [0.717, 1.165) is 5.01 Å². The number of rotatable bonds is 4. The summed E-state index contributed by atoms with van der Waals surface area (Å²) in [4.78, 5) is 24.0. The summed E-state index contributed by atoms with van der Waals surface area (Å²) >= 11 is 0. The highest BCUT2D eigenvalue weighted by Crippen LogP contribution is 2.11. The van der Waals surface area contributed by atoms with Gasteiger partial charge in [0.25, 0.3) is 11.8 Å². The number of likely N-dealkylation sites (N-methyl/N-ethyl adjacent to an activating group) is 1. The van der Waals surface area contributed by atoms with Crippen LogP contribution >= 0.6 is 0 Å². The molecule has 0 unspecified atom stereocenters. The largest absolute Gasteiger partial charge is 0.501 e. The van der Waals surface area contributed by atoms with Gasteiger partial charge in [-0.2, -0.15) is 0 Å². The minimum absolute atomic E-state index is 0.179. The fourth-order valence-electron chi connectivity index (χ4n) is 1.12. The second kappa shape index (κ2) is 6.87. The Hall–Kier alpha value is -1.60. The van der Waals surface area contributed by atoms with E-state index >= 15 is 0 Å². The van der Waals surface area contributed by atoms with Crippen LogP contribution < -0.4 is 11.2 Å². The Morgan fingerprint density at radius 3 is 2.06 bits per heavy atom. The molecule has 2 amide bonds. The molecule has 0 saturated carbocycles. The zero-order chi connectivity index (χ0) is 13.6. The monoisotopic (exact) mass is 244 g/mol. The number of amides is 2. The number of imide groups is 1. The van der Waals surface area contributed by atoms with Gasteiger partial charge in [0.05, 0.1) is 0 Å². The van der Waals surface area contributed by atoms with Gasteiger partial charge in [-0.3, -0.25) is 14.9 Å². The van der Waals surface area contributed by atoms with Crippen LogP contribution in [0.5, 0.6) is 0 Å². The van der Waals surface area contributed by atoms with Crippen molar-refractivity contribution in [3.05, 3.63) is 11.5 Å². The number of nitrogens with zero attached hydrogens (tertiary/aromatic N) is 2. The van der Waals surface area contributed by atoms with Crippen LogP contribution in [0.25, 0.3) is 0 Å². The van der Waals surface area contributed by atoms with Crippen molar-refractivity contribution < 1.29 is 14.7 Å². The van der Waals surface area contributed by atoms with Crippen LogP contribution in [-0.4, -0.2) is 54.0 Å². The lowest BCUT2D eigenvalue weighted by Gasteiger charge is -2.20. The van der Waals surface area contributed by atoms with Gasteiger partial charge < -0.3 is 15.0 Å². The van der Waals surface area contributed by atoms with Gasteiger partial charge in [0.1, 0.15) is 0 Å². The average Bonchev–Trinajstić information content (AvgIpc) is 2.53. The Morgan fingerprint density at radius 2 is 1.71 bits per heavy atom. The normalized spacial score (nSPS) is 14.7. The molecule has 0 aromatic heterocycles. The molecule has 0 spiro atoms. The first-order valence-corrected chi connectivity index (χ1v) is 5.39. The van der Waals surface area contributed by atoms with Gasteiger partial charge in [-0.05, 0) is 14.1 Å². The van der Waals surface area contributed by atoms with E-state index in [-0.39, 0.29) is 5.70 Å². The summed E-state index contributed by atoms with van der Waals surface area (Å²) in [6.45, 7) is 4.95. The van der Waals surface area contributed by atoms with Crippen molar-refractivity contribution in [2.24, 2.45) is 5.84 Å². The molecule has 0 aliphatic carbocycles. The summed E-state index contributed by atoms with van der Waals surface area (Å²) in [7, 11) is 3.70. The van der Waals surface area contributed by atoms with E-state index in [9.17, 15) is 14.7 Å². The van der Waals surface area contributed by atoms with Crippen molar-refractivity contribution in [1.82, 2.24) is 15.2 Å². The van der Waals surface area contributed by atoms with Crippen LogP contribution in [-0.2, 0) is 9.59 Å². The fourth-order valence-corrected chi connectivity index (χ4v) is 1.12. The maximum Gasteiger partial charge on any atom is 0.295 e. The quantitative estimate of drug-likeness (QED) is 0.339. The van der Waals surface area contributed by atoms with E-state index in [1.807, 2.05) is 38.2 Å². The van der Waals surface area contributed by atoms with Gasteiger partial charge in [-0.25, -0.2) is 5.84 Å². The van der Waals surface area contributed by atoms with E-state index in [2.05, 4.69) is 0 Å². The number of aliphatic hydroxyl groups is 1. The Labute approximate surface area is 101 Å². The molecule has 0 saturated heterocycles. The number of nitrogens with two attached hydrogens (primary N) is 1. The number of carbonyl (C=O) groups excluding carboxylic acids is 2. The zero-order valence-corrected chi connectivity index (χ0v) is 10.6. The smallest absolute Gasteiger partial charge is 0.295 e. The summed E-state index contributed by atoms with van der Waals surface area (Å²) in [6, 6.07) is 0. The van der Waals surface area contributed by atoms with Crippen LogP contribution in [0.15, 0.2) is 11.5 Å². The van der Waals surface area contributed by atoms with Crippen molar-refractivity contribution in [3.8, 4) is 0 Å². The van der Waals surface area contributed by atoms with Crippen LogP contribution in [0, 0.1) is 0 Å². The highest BCUT2D eigenvalue weighted by molar-refractivity contribution is 6.17. The maximum absolute atomic E-state index is 11.2. The molecular formula is C10H20N4O3. The van der Waals surface area contributed by atoms with Gasteiger partial charge in [-0.15, -0.1) is 0 Å². The zero-order valence-electron chi connectivity index (χ0n) is 10.6. The third-order valence-corrected chi connectivity index (χ3v) is 1.96. The second-order valence-electron chi connectivity index (χ2n) is 3.48. The SMILES string of the molecule is CC.CN(C)CCN(N)C1=C(O)C(=O)NC1=O. The van der Waals surface area contributed by atoms with Gasteiger partial charge in [-0.1, -0.05) is 13.8 Å². The molecule has 0 aromatic carbocycles. The van der Waals surface area contributed by atoms with E-state index in [0.29, 0.717) is 13.1 Å². The van der Waals surface area contributed by atoms with E-state index in [4.69, 9.17) is 5.84 Å². The van der Waals surface area contributed by atoms with E-state index < -0.39 is 17.6 Å². The molecule has 0 atom stereocenters. The summed E-state index contributed by atoms with van der Waals surface area (Å²) in [6.07, 6.45) is 0.